The highest BCUT2D eigenvalue weighted by Gasteiger charge is 2.00. The summed E-state index contributed by atoms with van der Waals surface area (Å²) in [5.74, 6) is 1.04. The molecule has 0 unspecified atom stereocenters. The van der Waals surface area contributed by atoms with Crippen LogP contribution in [-0.2, 0) is 4.79 Å². The van der Waals surface area contributed by atoms with Crippen molar-refractivity contribution < 1.29 is 9.53 Å². The van der Waals surface area contributed by atoms with Gasteiger partial charge in [0.1, 0.15) is 5.75 Å². The van der Waals surface area contributed by atoms with Crippen LogP contribution in [0.2, 0.25) is 0 Å². The Labute approximate surface area is 170 Å². The SMILES string of the molecule is C/C=C(/C=C/c1cccc(OC)c1)c1ccccc1C.CCN(CC)C(C)=O. The quantitative estimate of drug-likeness (QED) is 0.577. The first-order valence-electron chi connectivity index (χ1n) is 9.76. The first-order chi connectivity index (χ1) is 13.5. The molecule has 0 aliphatic heterocycles. The average molecular weight is 380 g/mol. The van der Waals surface area contributed by atoms with E-state index in [1.165, 1.54) is 16.7 Å². The Hall–Kier alpha value is -2.81. The predicted molar refractivity (Wildman–Crippen MR) is 120 cm³/mol. The lowest BCUT2D eigenvalue weighted by Crippen LogP contribution is -2.27. The standard InChI is InChI=1S/C19H20O.C6H13NO/c1-4-17(19-11-6-5-8-15(19)2)13-12-16-9-7-10-18(14-16)20-3;1-4-7(5-2)6(3)8/h4-14H,1-3H3;4-5H2,1-3H3/b13-12+,17-4-;. The van der Waals surface area contributed by atoms with Crippen molar-refractivity contribution >= 4 is 17.6 Å². The highest BCUT2D eigenvalue weighted by molar-refractivity contribution is 5.80. The molecule has 0 aliphatic rings. The van der Waals surface area contributed by atoms with Crippen molar-refractivity contribution in [2.75, 3.05) is 20.2 Å². The molecule has 0 saturated carbocycles. The number of carbonyl (C=O) groups is 1. The van der Waals surface area contributed by atoms with Gasteiger partial charge < -0.3 is 9.64 Å². The van der Waals surface area contributed by atoms with Crippen molar-refractivity contribution in [2.24, 2.45) is 0 Å². The maximum absolute atomic E-state index is 10.5. The van der Waals surface area contributed by atoms with Gasteiger partial charge in [-0.3, -0.25) is 4.79 Å². The number of hydrogen-bond acceptors (Lipinski definition) is 2. The second-order valence-corrected chi connectivity index (χ2v) is 6.36. The van der Waals surface area contributed by atoms with Crippen molar-refractivity contribution in [2.45, 2.75) is 34.6 Å². The Morgan fingerprint density at radius 2 is 1.75 bits per heavy atom. The second-order valence-electron chi connectivity index (χ2n) is 6.36. The van der Waals surface area contributed by atoms with E-state index in [1.807, 2.05) is 32.0 Å². The van der Waals surface area contributed by atoms with E-state index >= 15 is 0 Å². The van der Waals surface area contributed by atoms with Gasteiger partial charge in [0, 0.05) is 20.0 Å². The maximum atomic E-state index is 10.5. The number of aryl methyl sites for hydroxylation is 1. The normalized spacial score (nSPS) is 11.0. The topological polar surface area (TPSA) is 29.5 Å². The molecule has 2 rings (SSSR count). The van der Waals surface area contributed by atoms with Crippen molar-refractivity contribution in [3.8, 4) is 5.75 Å². The van der Waals surface area contributed by atoms with Crippen LogP contribution in [0.15, 0.2) is 60.7 Å². The molecule has 0 aliphatic carbocycles. The van der Waals surface area contributed by atoms with E-state index in [0.717, 1.165) is 24.4 Å². The van der Waals surface area contributed by atoms with Gasteiger partial charge in [-0.2, -0.15) is 0 Å². The molecule has 0 saturated heterocycles. The van der Waals surface area contributed by atoms with Crippen LogP contribution < -0.4 is 4.74 Å². The Morgan fingerprint density at radius 1 is 1.07 bits per heavy atom. The largest absolute Gasteiger partial charge is 0.497 e. The Kier molecular flexibility index (Phi) is 10.4. The summed E-state index contributed by atoms with van der Waals surface area (Å²) in [5.41, 5.74) is 4.92. The molecule has 2 aromatic carbocycles. The number of amides is 1. The first-order valence-corrected chi connectivity index (χ1v) is 9.76. The summed E-state index contributed by atoms with van der Waals surface area (Å²) in [6.45, 7) is 11.4. The van der Waals surface area contributed by atoms with Gasteiger partial charge in [-0.05, 0) is 62.1 Å². The Morgan fingerprint density at radius 3 is 2.25 bits per heavy atom. The van der Waals surface area contributed by atoms with Crippen LogP contribution in [0.4, 0.5) is 0 Å². The average Bonchev–Trinajstić information content (AvgIpc) is 2.71. The van der Waals surface area contributed by atoms with E-state index in [2.05, 4.69) is 62.4 Å². The summed E-state index contributed by atoms with van der Waals surface area (Å²) >= 11 is 0. The van der Waals surface area contributed by atoms with Gasteiger partial charge in [0.25, 0.3) is 0 Å². The highest BCUT2D eigenvalue weighted by Crippen LogP contribution is 2.21. The summed E-state index contributed by atoms with van der Waals surface area (Å²) in [7, 11) is 1.69. The molecule has 150 valence electrons. The van der Waals surface area contributed by atoms with Crippen LogP contribution in [0.3, 0.4) is 0 Å². The van der Waals surface area contributed by atoms with Gasteiger partial charge in [-0.1, -0.05) is 54.6 Å². The molecule has 0 atom stereocenters. The number of methoxy groups -OCH3 is 1. The summed E-state index contributed by atoms with van der Waals surface area (Å²) in [6.07, 6.45) is 6.40. The summed E-state index contributed by atoms with van der Waals surface area (Å²) < 4.78 is 5.24. The Bertz CT molecular complexity index is 802. The smallest absolute Gasteiger partial charge is 0.219 e. The summed E-state index contributed by atoms with van der Waals surface area (Å²) in [4.78, 5) is 12.3. The number of ether oxygens (including phenoxy) is 1. The number of nitrogens with zero attached hydrogens (tertiary/aromatic N) is 1. The van der Waals surface area contributed by atoms with Crippen LogP contribution in [0.25, 0.3) is 11.6 Å². The fourth-order valence-corrected chi connectivity index (χ4v) is 2.84. The van der Waals surface area contributed by atoms with E-state index in [-0.39, 0.29) is 5.91 Å². The second kappa shape index (κ2) is 12.6. The molecule has 0 bridgehead atoms. The number of rotatable bonds is 6. The monoisotopic (exact) mass is 379 g/mol. The minimum Gasteiger partial charge on any atom is -0.497 e. The maximum Gasteiger partial charge on any atom is 0.219 e. The molecular formula is C25H33NO2. The van der Waals surface area contributed by atoms with Gasteiger partial charge in [-0.15, -0.1) is 0 Å². The van der Waals surface area contributed by atoms with E-state index in [1.54, 1.807) is 18.9 Å². The zero-order valence-corrected chi connectivity index (χ0v) is 18.0. The zero-order chi connectivity index (χ0) is 20.9. The third kappa shape index (κ3) is 7.43. The molecule has 0 fully saturated rings. The molecule has 3 heteroatoms. The van der Waals surface area contributed by atoms with E-state index in [0.29, 0.717) is 0 Å². The molecule has 0 aromatic heterocycles. The third-order valence-electron chi connectivity index (χ3n) is 4.52. The van der Waals surface area contributed by atoms with Crippen LogP contribution in [-0.4, -0.2) is 31.0 Å². The molecule has 1 amide bonds. The zero-order valence-electron chi connectivity index (χ0n) is 18.0. The molecule has 0 spiro atoms. The number of hydrogen-bond donors (Lipinski definition) is 0. The number of benzene rings is 2. The molecule has 0 radical (unpaired) electrons. The van der Waals surface area contributed by atoms with Gasteiger partial charge in [0.05, 0.1) is 7.11 Å². The van der Waals surface area contributed by atoms with Crippen molar-refractivity contribution in [3.63, 3.8) is 0 Å². The van der Waals surface area contributed by atoms with E-state index in [9.17, 15) is 4.79 Å². The van der Waals surface area contributed by atoms with Crippen molar-refractivity contribution in [1.82, 2.24) is 4.90 Å². The van der Waals surface area contributed by atoms with Crippen molar-refractivity contribution in [3.05, 3.63) is 77.4 Å². The third-order valence-corrected chi connectivity index (χ3v) is 4.52. The van der Waals surface area contributed by atoms with Gasteiger partial charge in [-0.25, -0.2) is 0 Å². The fraction of sp³-hybridized carbons (Fsp3) is 0.320. The van der Waals surface area contributed by atoms with Crippen LogP contribution >= 0.6 is 0 Å². The van der Waals surface area contributed by atoms with Gasteiger partial charge >= 0.3 is 0 Å². The van der Waals surface area contributed by atoms with E-state index in [4.69, 9.17) is 4.74 Å². The highest BCUT2D eigenvalue weighted by atomic mass is 16.5. The van der Waals surface area contributed by atoms with Crippen LogP contribution in [0, 0.1) is 6.92 Å². The molecule has 0 heterocycles. The minimum absolute atomic E-state index is 0.162. The Balaban J connectivity index is 0.000000416. The molecule has 0 N–H and O–H groups in total. The van der Waals surface area contributed by atoms with Crippen LogP contribution in [0.5, 0.6) is 5.75 Å². The molecule has 3 nitrogen and oxygen atoms in total. The summed E-state index contributed by atoms with van der Waals surface area (Å²) in [6, 6.07) is 16.5. The van der Waals surface area contributed by atoms with Gasteiger partial charge in [0.2, 0.25) is 5.91 Å². The fourth-order valence-electron chi connectivity index (χ4n) is 2.84. The lowest BCUT2D eigenvalue weighted by molar-refractivity contribution is -0.128. The summed E-state index contributed by atoms with van der Waals surface area (Å²) in [5, 5.41) is 0. The number of carbonyl (C=O) groups excluding carboxylic acids is 1. The molecule has 28 heavy (non-hydrogen) atoms. The van der Waals surface area contributed by atoms with Gasteiger partial charge in [0.15, 0.2) is 0 Å². The minimum atomic E-state index is 0.162. The van der Waals surface area contributed by atoms with E-state index < -0.39 is 0 Å². The molecular weight excluding hydrogens is 346 g/mol. The predicted octanol–water partition coefficient (Wildman–Crippen LogP) is 6.00. The van der Waals surface area contributed by atoms with Crippen LogP contribution in [0.1, 0.15) is 44.4 Å². The first kappa shape index (κ1) is 23.2. The molecule has 2 aromatic rings. The van der Waals surface area contributed by atoms with Crippen molar-refractivity contribution in [1.29, 1.82) is 0 Å². The lowest BCUT2D eigenvalue weighted by atomic mass is 9.99. The number of allylic oxidation sites excluding steroid dienone is 3. The lowest BCUT2D eigenvalue weighted by Gasteiger charge is -2.14.